The minimum Gasteiger partial charge on any atom is -0.289 e. The minimum atomic E-state index is 0.0715. The molecule has 0 aliphatic rings. The van der Waals surface area contributed by atoms with Crippen molar-refractivity contribution in [2.75, 3.05) is 5.75 Å². The molecule has 0 saturated heterocycles. The Kier molecular flexibility index (Phi) is 5.23. The maximum atomic E-state index is 12.3. The lowest BCUT2D eigenvalue weighted by Crippen LogP contribution is -2.00. The van der Waals surface area contributed by atoms with Gasteiger partial charge in [0, 0.05) is 21.4 Å². The van der Waals surface area contributed by atoms with Gasteiger partial charge >= 0.3 is 0 Å². The molecule has 0 saturated carbocycles. The number of rotatable bonds is 5. The fraction of sp³-hybridized carbons (Fsp3) is 0.188. The topological polar surface area (TPSA) is 17.1 Å². The van der Waals surface area contributed by atoms with Crippen LogP contribution >= 0.6 is 27.7 Å². The summed E-state index contributed by atoms with van der Waals surface area (Å²) in [6.07, 6.45) is 0. The molecular formula is C16H15BrOS. The average Bonchev–Trinajstić information content (AvgIpc) is 2.46. The highest BCUT2D eigenvalue weighted by Crippen LogP contribution is 2.17. The number of thioether (sulfide) groups is 1. The maximum absolute atomic E-state index is 12.3. The van der Waals surface area contributed by atoms with E-state index >= 15 is 0 Å². The summed E-state index contributed by atoms with van der Waals surface area (Å²) < 4.78 is 0.982. The number of benzene rings is 2. The van der Waals surface area contributed by atoms with Crippen LogP contribution in [0.3, 0.4) is 0 Å². The predicted octanol–water partition coefficient (Wildman–Crippen LogP) is 4.93. The number of halogens is 1. The number of carbonyl (C=O) groups excluding carboxylic acids is 1. The first-order valence-electron chi connectivity index (χ1n) is 6.17. The predicted molar refractivity (Wildman–Crippen MR) is 85.9 cm³/mol. The van der Waals surface area contributed by atoms with E-state index in [1.165, 1.54) is 5.56 Å². The third-order valence-electron chi connectivity index (χ3n) is 2.80. The number of carbonyl (C=O) groups is 1. The van der Waals surface area contributed by atoms with E-state index in [0.717, 1.165) is 27.1 Å². The van der Waals surface area contributed by atoms with Crippen molar-refractivity contribution in [1.82, 2.24) is 0 Å². The molecule has 19 heavy (non-hydrogen) atoms. The first-order chi connectivity index (χ1) is 9.20. The van der Waals surface area contributed by atoms with Crippen LogP contribution in [0.15, 0.2) is 53.0 Å². The Hall–Kier alpha value is -1.06. The van der Waals surface area contributed by atoms with Crippen LogP contribution in [0, 0.1) is 0 Å². The number of hydrogen-bond donors (Lipinski definition) is 0. The maximum Gasteiger partial charge on any atom is 0.193 e. The summed E-state index contributed by atoms with van der Waals surface area (Å²) >= 11 is 5.25. The van der Waals surface area contributed by atoms with E-state index in [9.17, 15) is 4.79 Å². The lowest BCUT2D eigenvalue weighted by molar-refractivity contribution is 0.103. The smallest absolute Gasteiger partial charge is 0.193 e. The van der Waals surface area contributed by atoms with Crippen molar-refractivity contribution in [2.24, 2.45) is 0 Å². The summed E-state index contributed by atoms with van der Waals surface area (Å²) in [6, 6.07) is 15.4. The molecule has 0 amide bonds. The van der Waals surface area contributed by atoms with Crippen LogP contribution in [-0.4, -0.2) is 11.5 Å². The molecule has 0 spiro atoms. The van der Waals surface area contributed by atoms with Gasteiger partial charge in [0.15, 0.2) is 5.78 Å². The molecule has 0 atom stereocenters. The molecule has 0 radical (unpaired) electrons. The molecule has 0 heterocycles. The Labute approximate surface area is 126 Å². The summed E-state index contributed by atoms with van der Waals surface area (Å²) in [5, 5.41) is 0. The Bertz CT molecular complexity index is 546. The highest BCUT2D eigenvalue weighted by molar-refractivity contribution is 9.10. The third kappa shape index (κ3) is 3.95. The van der Waals surface area contributed by atoms with E-state index in [-0.39, 0.29) is 5.78 Å². The van der Waals surface area contributed by atoms with Gasteiger partial charge in [0.1, 0.15) is 0 Å². The SMILES string of the molecule is CCSCc1ccc(C(=O)c2ccc(Br)cc2)cc1. The van der Waals surface area contributed by atoms with E-state index in [4.69, 9.17) is 0 Å². The van der Waals surface area contributed by atoms with Crippen LogP contribution in [0.2, 0.25) is 0 Å². The van der Waals surface area contributed by atoms with E-state index < -0.39 is 0 Å². The fourth-order valence-electron chi connectivity index (χ4n) is 1.74. The summed E-state index contributed by atoms with van der Waals surface area (Å²) in [5.41, 5.74) is 2.73. The van der Waals surface area contributed by atoms with E-state index in [0.29, 0.717) is 0 Å². The molecule has 2 aromatic carbocycles. The van der Waals surface area contributed by atoms with Crippen molar-refractivity contribution >= 4 is 33.5 Å². The molecular weight excluding hydrogens is 320 g/mol. The molecule has 2 aromatic rings. The van der Waals surface area contributed by atoms with Crippen LogP contribution in [0.4, 0.5) is 0 Å². The van der Waals surface area contributed by atoms with Gasteiger partial charge in [-0.05, 0) is 35.6 Å². The zero-order valence-electron chi connectivity index (χ0n) is 10.7. The second-order valence-electron chi connectivity index (χ2n) is 4.17. The first kappa shape index (κ1) is 14.4. The van der Waals surface area contributed by atoms with Gasteiger partial charge in [0.25, 0.3) is 0 Å². The highest BCUT2D eigenvalue weighted by atomic mass is 79.9. The second-order valence-corrected chi connectivity index (χ2v) is 6.36. The number of hydrogen-bond acceptors (Lipinski definition) is 2. The lowest BCUT2D eigenvalue weighted by atomic mass is 10.0. The zero-order chi connectivity index (χ0) is 13.7. The van der Waals surface area contributed by atoms with Gasteiger partial charge in [-0.1, -0.05) is 47.1 Å². The molecule has 0 N–H and O–H groups in total. The third-order valence-corrected chi connectivity index (χ3v) is 4.27. The first-order valence-corrected chi connectivity index (χ1v) is 8.12. The summed E-state index contributed by atoms with van der Waals surface area (Å²) in [7, 11) is 0. The van der Waals surface area contributed by atoms with Gasteiger partial charge in [-0.25, -0.2) is 0 Å². The second kappa shape index (κ2) is 6.92. The molecule has 98 valence electrons. The van der Waals surface area contributed by atoms with Crippen molar-refractivity contribution in [3.63, 3.8) is 0 Å². The Morgan fingerprint density at radius 1 is 1.00 bits per heavy atom. The molecule has 2 rings (SSSR count). The van der Waals surface area contributed by atoms with Crippen molar-refractivity contribution in [1.29, 1.82) is 0 Å². The molecule has 0 unspecified atom stereocenters. The highest BCUT2D eigenvalue weighted by Gasteiger charge is 2.08. The molecule has 3 heteroatoms. The molecule has 0 aliphatic carbocycles. The summed E-state index contributed by atoms with van der Waals surface area (Å²) in [5.74, 6) is 2.19. The zero-order valence-corrected chi connectivity index (χ0v) is 13.1. The van der Waals surface area contributed by atoms with Crippen LogP contribution in [0.25, 0.3) is 0 Å². The van der Waals surface area contributed by atoms with Gasteiger partial charge in [0.05, 0.1) is 0 Å². The van der Waals surface area contributed by atoms with Crippen LogP contribution in [0.5, 0.6) is 0 Å². The van der Waals surface area contributed by atoms with Crippen molar-refractivity contribution < 1.29 is 4.79 Å². The molecule has 0 bridgehead atoms. The van der Waals surface area contributed by atoms with Crippen LogP contribution in [0.1, 0.15) is 28.4 Å². The van der Waals surface area contributed by atoms with Gasteiger partial charge in [-0.3, -0.25) is 4.79 Å². The van der Waals surface area contributed by atoms with Crippen LogP contribution < -0.4 is 0 Å². The molecule has 1 nitrogen and oxygen atoms in total. The summed E-state index contributed by atoms with van der Waals surface area (Å²) in [4.78, 5) is 12.3. The monoisotopic (exact) mass is 334 g/mol. The molecule has 0 aliphatic heterocycles. The number of ketones is 1. The van der Waals surface area contributed by atoms with Gasteiger partial charge < -0.3 is 0 Å². The average molecular weight is 335 g/mol. The minimum absolute atomic E-state index is 0.0715. The largest absolute Gasteiger partial charge is 0.289 e. The van der Waals surface area contributed by atoms with Gasteiger partial charge in [-0.15, -0.1) is 0 Å². The van der Waals surface area contributed by atoms with E-state index in [1.54, 1.807) is 0 Å². The normalized spacial score (nSPS) is 10.4. The van der Waals surface area contributed by atoms with Crippen molar-refractivity contribution in [2.45, 2.75) is 12.7 Å². The van der Waals surface area contributed by atoms with Crippen molar-refractivity contribution in [3.8, 4) is 0 Å². The van der Waals surface area contributed by atoms with Crippen molar-refractivity contribution in [3.05, 3.63) is 69.7 Å². The Balaban J connectivity index is 2.13. The quantitative estimate of drug-likeness (QED) is 0.721. The molecule has 0 fully saturated rings. The fourth-order valence-corrected chi connectivity index (χ4v) is 2.64. The standard InChI is InChI=1S/C16H15BrOS/c1-2-19-11-12-3-5-13(6-4-12)16(18)14-7-9-15(17)10-8-14/h3-10H,2,11H2,1H3. The molecule has 0 aromatic heterocycles. The Morgan fingerprint density at radius 2 is 1.53 bits per heavy atom. The van der Waals surface area contributed by atoms with E-state index in [2.05, 4.69) is 22.9 Å². The Morgan fingerprint density at radius 3 is 2.05 bits per heavy atom. The van der Waals surface area contributed by atoms with Gasteiger partial charge in [-0.2, -0.15) is 11.8 Å². The summed E-state index contributed by atoms with van der Waals surface area (Å²) in [6.45, 7) is 2.15. The van der Waals surface area contributed by atoms with Gasteiger partial charge in [0.2, 0.25) is 0 Å². The lowest BCUT2D eigenvalue weighted by Gasteiger charge is -2.04. The van der Waals surface area contributed by atoms with Crippen LogP contribution in [-0.2, 0) is 5.75 Å². The van der Waals surface area contributed by atoms with E-state index in [1.807, 2.05) is 60.3 Å².